The Balaban J connectivity index is 2.99. The van der Waals surface area contributed by atoms with Gasteiger partial charge in [-0.15, -0.1) is 0 Å². The number of hydrogen-bond donors (Lipinski definition) is 2. The van der Waals surface area contributed by atoms with Crippen molar-refractivity contribution in [1.29, 1.82) is 0 Å². The average Bonchev–Trinajstić information content (AvgIpc) is 1.83. The van der Waals surface area contributed by atoms with Crippen molar-refractivity contribution in [2.45, 2.75) is 6.42 Å². The van der Waals surface area contributed by atoms with Crippen LogP contribution in [-0.4, -0.2) is 24.8 Å². The molecule has 0 saturated carbocycles. The molecule has 0 saturated heterocycles. The van der Waals surface area contributed by atoms with Crippen molar-refractivity contribution >= 4 is 5.91 Å². The summed E-state index contributed by atoms with van der Waals surface area (Å²) in [6.07, 6.45) is 0.201. The van der Waals surface area contributed by atoms with Crippen LogP contribution in [0.5, 0.6) is 0 Å². The molecule has 4 nitrogen and oxygen atoms in total. The number of nitrogens with one attached hydrogen (secondary N) is 1. The lowest BCUT2D eigenvalue weighted by Crippen LogP contribution is -2.19. The third-order valence-electron chi connectivity index (χ3n) is 0.658. The minimum atomic E-state index is -0.424. The van der Waals surface area contributed by atoms with E-state index in [-0.39, 0.29) is 6.42 Å². The Hall–Kier alpha value is -0.610. The number of hydroxylamine groups is 1. The summed E-state index contributed by atoms with van der Waals surface area (Å²) in [6.45, 7) is 0.340. The predicted molar refractivity (Wildman–Crippen MR) is 26.4 cm³/mol. The van der Waals surface area contributed by atoms with Gasteiger partial charge in [0.2, 0.25) is 5.91 Å². The second-order valence-electron chi connectivity index (χ2n) is 1.28. The van der Waals surface area contributed by atoms with E-state index in [1.165, 1.54) is 12.6 Å². The topological polar surface area (TPSA) is 58.6 Å². The van der Waals surface area contributed by atoms with Crippen molar-refractivity contribution < 1.29 is 14.7 Å². The Morgan fingerprint density at radius 2 is 2.50 bits per heavy atom. The van der Waals surface area contributed by atoms with Gasteiger partial charge in [-0.1, -0.05) is 0 Å². The molecule has 2 N–H and O–H groups in total. The molecule has 1 amide bonds. The van der Waals surface area contributed by atoms with Gasteiger partial charge in [0.1, 0.15) is 0 Å². The summed E-state index contributed by atoms with van der Waals surface area (Å²) in [6, 6.07) is 0. The van der Waals surface area contributed by atoms with Crippen LogP contribution in [0.2, 0.25) is 0 Å². The second-order valence-corrected chi connectivity index (χ2v) is 1.28. The van der Waals surface area contributed by atoms with E-state index in [4.69, 9.17) is 5.21 Å². The number of hydrogen-bond acceptors (Lipinski definition) is 3. The van der Waals surface area contributed by atoms with Gasteiger partial charge in [-0.25, -0.2) is 5.48 Å². The highest BCUT2D eigenvalue weighted by Crippen LogP contribution is 1.76. The van der Waals surface area contributed by atoms with Gasteiger partial charge in [-0.3, -0.25) is 10.0 Å². The van der Waals surface area contributed by atoms with Gasteiger partial charge < -0.3 is 4.74 Å². The predicted octanol–water partition coefficient (Wildman–Crippen LogP) is -0.472. The molecule has 0 unspecified atom stereocenters. The standard InChI is InChI=1S/C4H9NO3/c1-8-3-2-4(6)5-7/h7H,2-3H2,1H3,(H,5,6). The Kier molecular flexibility index (Phi) is 4.20. The van der Waals surface area contributed by atoms with E-state index in [0.29, 0.717) is 6.61 Å². The van der Waals surface area contributed by atoms with Crippen molar-refractivity contribution in [2.75, 3.05) is 13.7 Å². The summed E-state index contributed by atoms with van der Waals surface area (Å²) in [5.74, 6) is -0.424. The van der Waals surface area contributed by atoms with E-state index in [1.54, 1.807) is 0 Å². The normalized spacial score (nSPS) is 8.75. The van der Waals surface area contributed by atoms with Gasteiger partial charge in [0.25, 0.3) is 0 Å². The molecule has 48 valence electrons. The van der Waals surface area contributed by atoms with E-state index in [9.17, 15) is 4.79 Å². The van der Waals surface area contributed by atoms with Gasteiger partial charge in [-0.2, -0.15) is 0 Å². The second kappa shape index (κ2) is 4.55. The zero-order valence-corrected chi connectivity index (χ0v) is 4.68. The zero-order valence-electron chi connectivity index (χ0n) is 4.68. The van der Waals surface area contributed by atoms with Gasteiger partial charge in [0.05, 0.1) is 13.0 Å². The SMILES string of the molecule is COCCC(=O)NO. The first-order chi connectivity index (χ1) is 3.81. The molecule has 0 aliphatic carbocycles. The Bertz CT molecular complexity index is 73.7. The highest BCUT2D eigenvalue weighted by Gasteiger charge is 1.94. The molecule has 0 aromatic rings. The molecular weight excluding hydrogens is 110 g/mol. The van der Waals surface area contributed by atoms with Gasteiger partial charge in [0, 0.05) is 7.11 Å². The van der Waals surface area contributed by atoms with E-state index < -0.39 is 5.91 Å². The fourth-order valence-electron chi connectivity index (χ4n) is 0.251. The third kappa shape index (κ3) is 3.58. The van der Waals surface area contributed by atoms with Crippen molar-refractivity contribution in [3.63, 3.8) is 0 Å². The summed E-state index contributed by atoms with van der Waals surface area (Å²) in [4.78, 5) is 10.1. The molecule has 0 bridgehead atoms. The molecule has 0 aliphatic rings. The zero-order chi connectivity index (χ0) is 6.41. The monoisotopic (exact) mass is 119 g/mol. The van der Waals surface area contributed by atoms with Crippen LogP contribution in [0.1, 0.15) is 6.42 Å². The number of carbonyl (C=O) groups excluding carboxylic acids is 1. The van der Waals surface area contributed by atoms with E-state index >= 15 is 0 Å². The Morgan fingerprint density at radius 1 is 1.88 bits per heavy atom. The fraction of sp³-hybridized carbons (Fsp3) is 0.750. The maximum atomic E-state index is 10.1. The first-order valence-corrected chi connectivity index (χ1v) is 2.23. The van der Waals surface area contributed by atoms with Crippen LogP contribution in [0, 0.1) is 0 Å². The van der Waals surface area contributed by atoms with Crippen LogP contribution in [-0.2, 0) is 9.53 Å². The number of ether oxygens (including phenoxy) is 1. The molecule has 0 heterocycles. The van der Waals surface area contributed by atoms with Gasteiger partial charge >= 0.3 is 0 Å². The van der Waals surface area contributed by atoms with Crippen LogP contribution in [0.3, 0.4) is 0 Å². The molecule has 0 aromatic carbocycles. The highest BCUT2D eigenvalue weighted by atomic mass is 16.5. The Labute approximate surface area is 47.4 Å². The van der Waals surface area contributed by atoms with Crippen molar-refractivity contribution in [3.8, 4) is 0 Å². The molecule has 4 heteroatoms. The summed E-state index contributed by atoms with van der Waals surface area (Å²) in [5.41, 5.74) is 1.48. The van der Waals surface area contributed by atoms with Crippen molar-refractivity contribution in [1.82, 2.24) is 5.48 Å². The van der Waals surface area contributed by atoms with Crippen LogP contribution in [0.25, 0.3) is 0 Å². The molecule has 8 heavy (non-hydrogen) atoms. The Morgan fingerprint density at radius 3 is 2.88 bits per heavy atom. The third-order valence-corrected chi connectivity index (χ3v) is 0.658. The maximum absolute atomic E-state index is 10.1. The van der Waals surface area contributed by atoms with E-state index in [0.717, 1.165) is 0 Å². The number of rotatable bonds is 3. The van der Waals surface area contributed by atoms with Crippen LogP contribution in [0.15, 0.2) is 0 Å². The lowest BCUT2D eigenvalue weighted by Gasteiger charge is -1.94. The van der Waals surface area contributed by atoms with Crippen molar-refractivity contribution in [2.24, 2.45) is 0 Å². The lowest BCUT2D eigenvalue weighted by molar-refractivity contribution is -0.130. The molecule has 0 radical (unpaired) electrons. The highest BCUT2D eigenvalue weighted by molar-refractivity contribution is 5.74. The maximum Gasteiger partial charge on any atom is 0.245 e. The molecule has 0 spiro atoms. The summed E-state index contributed by atoms with van der Waals surface area (Å²) in [7, 11) is 1.49. The van der Waals surface area contributed by atoms with Gasteiger partial charge in [-0.05, 0) is 0 Å². The largest absolute Gasteiger partial charge is 0.384 e. The molecule has 0 fully saturated rings. The van der Waals surface area contributed by atoms with Crippen LogP contribution >= 0.6 is 0 Å². The summed E-state index contributed by atoms with van der Waals surface area (Å²) < 4.78 is 4.54. The molecule has 0 aromatic heterocycles. The summed E-state index contributed by atoms with van der Waals surface area (Å²) >= 11 is 0. The first kappa shape index (κ1) is 7.39. The number of amides is 1. The molecular formula is C4H9NO3. The minimum absolute atomic E-state index is 0.201. The van der Waals surface area contributed by atoms with Gasteiger partial charge in [0.15, 0.2) is 0 Å². The molecule has 0 atom stereocenters. The lowest BCUT2D eigenvalue weighted by atomic mass is 10.4. The quantitative estimate of drug-likeness (QED) is 0.390. The first-order valence-electron chi connectivity index (χ1n) is 2.23. The average molecular weight is 119 g/mol. The van der Waals surface area contributed by atoms with E-state index in [1.807, 2.05) is 0 Å². The minimum Gasteiger partial charge on any atom is -0.384 e. The van der Waals surface area contributed by atoms with Crippen LogP contribution < -0.4 is 5.48 Å². The van der Waals surface area contributed by atoms with Crippen molar-refractivity contribution in [3.05, 3.63) is 0 Å². The molecule has 0 aliphatic heterocycles. The number of methoxy groups -OCH3 is 1. The van der Waals surface area contributed by atoms with E-state index in [2.05, 4.69) is 4.74 Å². The summed E-state index contributed by atoms with van der Waals surface area (Å²) in [5, 5.41) is 7.91. The van der Waals surface area contributed by atoms with Crippen LogP contribution in [0.4, 0.5) is 0 Å². The molecule has 0 rings (SSSR count). The fourth-order valence-corrected chi connectivity index (χ4v) is 0.251. The number of carbonyl (C=O) groups is 1. The smallest absolute Gasteiger partial charge is 0.245 e.